The second kappa shape index (κ2) is 9.49. The molecular weight excluding hydrogens is 524 g/mol. The Morgan fingerprint density at radius 1 is 0.452 bits per heavy atom. The van der Waals surface area contributed by atoms with Crippen LogP contribution in [0.3, 0.4) is 0 Å². The summed E-state index contributed by atoms with van der Waals surface area (Å²) in [6.07, 6.45) is 0. The van der Waals surface area contributed by atoms with E-state index in [0.29, 0.717) is 44.7 Å². The largest absolute Gasteiger partial charge is 0.456 e. The number of rotatable bonds is 0. The molecule has 0 unspecified atom stereocenters. The minimum absolute atomic E-state index is 0.0123. The Hall–Kier alpha value is -5.62. The first-order valence-electron chi connectivity index (χ1n) is 13.7. The summed E-state index contributed by atoms with van der Waals surface area (Å²) >= 11 is 0. The first kappa shape index (κ1) is 24.2. The van der Waals surface area contributed by atoms with Gasteiger partial charge in [0.25, 0.3) is 0 Å². The fourth-order valence-electron chi connectivity index (χ4n) is 5.87. The van der Waals surface area contributed by atoms with Crippen LogP contribution in [0.4, 0.5) is 0 Å². The van der Waals surface area contributed by atoms with Gasteiger partial charge in [0.05, 0.1) is 33.5 Å². The van der Waals surface area contributed by atoms with Crippen LogP contribution < -0.4 is 0 Å². The Bertz CT molecular complexity index is 2100. The summed E-state index contributed by atoms with van der Waals surface area (Å²) in [7, 11) is 0. The van der Waals surface area contributed by atoms with Gasteiger partial charge in [-0.05, 0) is 45.8 Å². The molecule has 0 saturated carbocycles. The number of esters is 2. The molecule has 0 fully saturated rings. The zero-order valence-corrected chi connectivity index (χ0v) is 22.3. The summed E-state index contributed by atoms with van der Waals surface area (Å²) in [6.45, 7) is -0.0247. The number of cyclic esters (lactones) is 2. The molecule has 0 radical (unpaired) electrons. The fraction of sp³-hybridized carbons (Fsp3) is 0.0556. The van der Waals surface area contributed by atoms with Crippen molar-refractivity contribution in [1.29, 1.82) is 0 Å². The van der Waals surface area contributed by atoms with Crippen molar-refractivity contribution in [2.75, 3.05) is 0 Å². The molecule has 0 spiro atoms. The highest BCUT2D eigenvalue weighted by Gasteiger charge is 2.25. The van der Waals surface area contributed by atoms with Crippen molar-refractivity contribution in [3.63, 3.8) is 0 Å². The average molecular weight is 547 g/mol. The van der Waals surface area contributed by atoms with Crippen LogP contribution in [-0.2, 0) is 22.7 Å². The maximum Gasteiger partial charge on any atom is 0.339 e. The van der Waals surface area contributed by atoms with E-state index in [2.05, 4.69) is 0 Å². The normalized spacial score (nSPS) is 13.5. The van der Waals surface area contributed by atoms with Gasteiger partial charge in [-0.1, -0.05) is 84.9 Å². The van der Waals surface area contributed by atoms with Crippen molar-refractivity contribution in [3.8, 4) is 11.1 Å². The summed E-state index contributed by atoms with van der Waals surface area (Å²) in [5.74, 6) is -1.01. The van der Waals surface area contributed by atoms with Crippen LogP contribution in [0.15, 0.2) is 109 Å². The molecule has 1 aliphatic heterocycles. The maximum absolute atomic E-state index is 13.8. The van der Waals surface area contributed by atoms with E-state index in [-0.39, 0.29) is 13.2 Å². The SMILES string of the molecule is O=C1OCc2ccc3ccc4ccc(nc4c3n2)COC(=O)c2ccc3ccccc3c2-c2c1ccc1ccccc21. The summed E-state index contributed by atoms with van der Waals surface area (Å²) in [5, 5.41) is 5.37. The Morgan fingerprint density at radius 2 is 0.857 bits per heavy atom. The van der Waals surface area contributed by atoms with Gasteiger partial charge in [0.1, 0.15) is 13.2 Å². The van der Waals surface area contributed by atoms with Crippen LogP contribution in [0, 0.1) is 0 Å². The minimum Gasteiger partial charge on any atom is -0.456 e. The number of benzene rings is 5. The number of hydrogen-bond donors (Lipinski definition) is 0. The van der Waals surface area contributed by atoms with E-state index in [1.54, 1.807) is 12.1 Å². The number of aromatic nitrogens is 2. The lowest BCUT2D eigenvalue weighted by Gasteiger charge is -2.18. The highest BCUT2D eigenvalue weighted by atomic mass is 16.5. The molecule has 6 nitrogen and oxygen atoms in total. The molecule has 5 aromatic carbocycles. The standard InChI is InChI=1S/C36H22N2O4/c39-35-29-17-13-21-5-1-3-7-27(21)31(29)32-28-8-4-2-6-22(28)14-18-30(32)36(40)42-20-26-16-12-24-10-9-23-11-15-25(19-41-35)37-33(23)34(24)38-26/h1-18H,19-20H2. The molecule has 4 bridgehead atoms. The van der Waals surface area contributed by atoms with Crippen LogP contribution in [0.2, 0.25) is 0 Å². The summed E-state index contributed by atoms with van der Waals surface area (Å²) in [6, 6.07) is 34.6. The Labute approximate surface area is 240 Å². The van der Waals surface area contributed by atoms with Gasteiger partial charge >= 0.3 is 11.9 Å². The molecule has 0 N–H and O–H groups in total. The lowest BCUT2D eigenvalue weighted by molar-refractivity contribution is 0.0457. The maximum atomic E-state index is 13.8. The summed E-state index contributed by atoms with van der Waals surface area (Å²) in [5.41, 5.74) is 4.60. The topological polar surface area (TPSA) is 78.4 Å². The summed E-state index contributed by atoms with van der Waals surface area (Å²) in [4.78, 5) is 37.3. The predicted molar refractivity (Wildman–Crippen MR) is 162 cm³/mol. The number of ether oxygens (including phenoxy) is 2. The molecule has 0 saturated heterocycles. The Kier molecular flexibility index (Phi) is 5.47. The third kappa shape index (κ3) is 3.88. The molecule has 8 rings (SSSR count). The number of nitrogens with zero attached hydrogens (tertiary/aromatic N) is 2. The lowest BCUT2D eigenvalue weighted by atomic mass is 9.87. The quantitative estimate of drug-likeness (QED) is 0.143. The number of carbonyl (C=O) groups excluding carboxylic acids is 2. The van der Waals surface area contributed by atoms with Crippen LogP contribution >= 0.6 is 0 Å². The number of carbonyl (C=O) groups is 2. The highest BCUT2D eigenvalue weighted by Crippen LogP contribution is 2.40. The minimum atomic E-state index is -0.504. The lowest BCUT2D eigenvalue weighted by Crippen LogP contribution is -2.12. The molecular formula is C36H22N2O4. The van der Waals surface area contributed by atoms with Gasteiger partial charge in [0.15, 0.2) is 0 Å². The molecule has 0 atom stereocenters. The third-order valence-electron chi connectivity index (χ3n) is 7.89. The second-order valence-electron chi connectivity index (χ2n) is 10.4. The Balaban J connectivity index is 1.41. The van der Waals surface area contributed by atoms with Crippen LogP contribution in [-0.4, -0.2) is 21.9 Å². The zero-order valence-electron chi connectivity index (χ0n) is 22.3. The van der Waals surface area contributed by atoms with Crippen molar-refractivity contribution in [2.24, 2.45) is 0 Å². The van der Waals surface area contributed by atoms with Gasteiger partial charge in [0.2, 0.25) is 0 Å². The van der Waals surface area contributed by atoms with Gasteiger partial charge in [-0.2, -0.15) is 0 Å². The first-order chi connectivity index (χ1) is 20.6. The molecule has 1 aliphatic rings. The molecule has 0 aliphatic carbocycles. The van der Waals surface area contributed by atoms with Crippen LogP contribution in [0.25, 0.3) is 54.5 Å². The van der Waals surface area contributed by atoms with Gasteiger partial charge < -0.3 is 9.47 Å². The van der Waals surface area contributed by atoms with E-state index >= 15 is 0 Å². The van der Waals surface area contributed by atoms with Gasteiger partial charge in [0, 0.05) is 21.9 Å². The summed E-state index contributed by atoms with van der Waals surface area (Å²) < 4.78 is 11.8. The van der Waals surface area contributed by atoms with Crippen molar-refractivity contribution >= 4 is 55.3 Å². The highest BCUT2D eigenvalue weighted by molar-refractivity contribution is 6.17. The van der Waals surface area contributed by atoms with E-state index in [1.165, 1.54) is 0 Å². The second-order valence-corrected chi connectivity index (χ2v) is 10.4. The first-order valence-corrected chi connectivity index (χ1v) is 13.7. The molecule has 0 amide bonds. The number of hydrogen-bond acceptors (Lipinski definition) is 6. The van der Waals surface area contributed by atoms with Gasteiger partial charge in [-0.3, -0.25) is 0 Å². The molecule has 7 aromatic rings. The molecule has 200 valence electrons. The van der Waals surface area contributed by atoms with Crippen molar-refractivity contribution in [2.45, 2.75) is 13.2 Å². The van der Waals surface area contributed by atoms with E-state index in [0.717, 1.165) is 32.3 Å². The van der Waals surface area contributed by atoms with E-state index in [1.807, 2.05) is 97.1 Å². The van der Waals surface area contributed by atoms with Crippen LogP contribution in [0.5, 0.6) is 0 Å². The fourth-order valence-corrected chi connectivity index (χ4v) is 5.87. The van der Waals surface area contributed by atoms with Gasteiger partial charge in [-0.25, -0.2) is 19.6 Å². The molecule has 2 aromatic heterocycles. The molecule has 6 heteroatoms. The smallest absolute Gasteiger partial charge is 0.339 e. The van der Waals surface area contributed by atoms with Crippen LogP contribution in [0.1, 0.15) is 32.1 Å². The van der Waals surface area contributed by atoms with E-state index in [9.17, 15) is 9.59 Å². The number of pyridine rings is 2. The van der Waals surface area contributed by atoms with Crippen molar-refractivity contribution in [1.82, 2.24) is 9.97 Å². The van der Waals surface area contributed by atoms with Crippen molar-refractivity contribution < 1.29 is 19.1 Å². The van der Waals surface area contributed by atoms with E-state index in [4.69, 9.17) is 19.4 Å². The average Bonchev–Trinajstić information content (AvgIpc) is 3.04. The van der Waals surface area contributed by atoms with Crippen molar-refractivity contribution in [3.05, 3.63) is 132 Å². The third-order valence-corrected chi connectivity index (χ3v) is 7.89. The molecule has 3 heterocycles. The van der Waals surface area contributed by atoms with E-state index < -0.39 is 11.9 Å². The zero-order chi connectivity index (χ0) is 28.2. The Morgan fingerprint density at radius 3 is 1.33 bits per heavy atom. The van der Waals surface area contributed by atoms with Gasteiger partial charge in [-0.15, -0.1) is 0 Å². The number of fused-ring (bicyclic) bond motifs is 9. The predicted octanol–water partition coefficient (Wildman–Crippen LogP) is 7.78. The monoisotopic (exact) mass is 546 g/mol. The molecule has 42 heavy (non-hydrogen) atoms.